The van der Waals surface area contributed by atoms with E-state index in [9.17, 15) is 0 Å². The van der Waals surface area contributed by atoms with Gasteiger partial charge in [0.15, 0.2) is 0 Å². The third-order valence-electron chi connectivity index (χ3n) is 3.04. The molecule has 1 heterocycles. The van der Waals surface area contributed by atoms with Gasteiger partial charge >= 0.3 is 0 Å². The van der Waals surface area contributed by atoms with Crippen LogP contribution in [0.25, 0.3) is 10.8 Å². The van der Waals surface area contributed by atoms with Gasteiger partial charge in [-0.1, -0.05) is 32.6 Å². The van der Waals surface area contributed by atoms with Crippen LogP contribution in [0.2, 0.25) is 0 Å². The lowest BCUT2D eigenvalue weighted by Gasteiger charge is -2.07. The molecule has 0 aliphatic carbocycles. The van der Waals surface area contributed by atoms with Crippen LogP contribution in [0.3, 0.4) is 0 Å². The van der Waals surface area contributed by atoms with E-state index in [1.54, 1.807) is 0 Å². The first-order chi connectivity index (χ1) is 10.3. The minimum absolute atomic E-state index is 0.418. The Morgan fingerprint density at radius 2 is 2.00 bits per heavy atom. The SMILES string of the molecule is CCNc1snnc1COc1ccc2cc(Br)ccc2c1. The number of nitrogens with one attached hydrogen (secondary N) is 1. The molecule has 0 amide bonds. The van der Waals surface area contributed by atoms with Gasteiger partial charge in [0.25, 0.3) is 0 Å². The van der Waals surface area contributed by atoms with Crippen molar-refractivity contribution in [1.82, 2.24) is 9.59 Å². The zero-order valence-electron chi connectivity index (χ0n) is 11.5. The fourth-order valence-corrected chi connectivity index (χ4v) is 3.05. The number of nitrogens with zero attached hydrogens (tertiary/aromatic N) is 2. The first-order valence-electron chi connectivity index (χ1n) is 6.63. The van der Waals surface area contributed by atoms with Crippen molar-refractivity contribution < 1.29 is 4.74 Å². The summed E-state index contributed by atoms with van der Waals surface area (Å²) in [5.41, 5.74) is 0.845. The van der Waals surface area contributed by atoms with Gasteiger partial charge in [0, 0.05) is 22.5 Å². The number of fused-ring (bicyclic) bond motifs is 1. The predicted molar refractivity (Wildman–Crippen MR) is 90.1 cm³/mol. The Labute approximate surface area is 135 Å². The smallest absolute Gasteiger partial charge is 0.136 e. The van der Waals surface area contributed by atoms with Crippen molar-refractivity contribution in [2.45, 2.75) is 13.5 Å². The Bertz CT molecular complexity index is 760. The maximum absolute atomic E-state index is 5.83. The molecule has 0 aliphatic heterocycles. The number of hydrogen-bond donors (Lipinski definition) is 1. The molecular formula is C15H14BrN3OS. The van der Waals surface area contributed by atoms with E-state index in [-0.39, 0.29) is 0 Å². The zero-order valence-corrected chi connectivity index (χ0v) is 13.9. The van der Waals surface area contributed by atoms with Crippen molar-refractivity contribution in [1.29, 1.82) is 0 Å². The summed E-state index contributed by atoms with van der Waals surface area (Å²) in [6.07, 6.45) is 0. The van der Waals surface area contributed by atoms with Gasteiger partial charge in [-0.15, -0.1) is 5.10 Å². The van der Waals surface area contributed by atoms with Gasteiger partial charge < -0.3 is 10.1 Å². The summed E-state index contributed by atoms with van der Waals surface area (Å²) < 4.78 is 10.9. The molecule has 0 radical (unpaired) electrons. The molecule has 0 saturated carbocycles. The van der Waals surface area contributed by atoms with Crippen molar-refractivity contribution in [3.63, 3.8) is 0 Å². The third kappa shape index (κ3) is 3.33. The monoisotopic (exact) mass is 363 g/mol. The minimum Gasteiger partial charge on any atom is -0.487 e. The summed E-state index contributed by atoms with van der Waals surface area (Å²) in [5.74, 6) is 0.834. The lowest BCUT2D eigenvalue weighted by atomic mass is 10.1. The highest BCUT2D eigenvalue weighted by molar-refractivity contribution is 9.10. The Hall–Kier alpha value is -1.66. The Balaban J connectivity index is 1.75. The lowest BCUT2D eigenvalue weighted by molar-refractivity contribution is 0.302. The van der Waals surface area contributed by atoms with Crippen LogP contribution in [0.15, 0.2) is 40.9 Å². The van der Waals surface area contributed by atoms with Gasteiger partial charge in [0.2, 0.25) is 0 Å². The first kappa shape index (κ1) is 14.3. The quantitative estimate of drug-likeness (QED) is 0.726. The molecule has 0 aliphatic rings. The van der Waals surface area contributed by atoms with E-state index in [0.717, 1.165) is 32.8 Å². The molecule has 21 heavy (non-hydrogen) atoms. The number of rotatable bonds is 5. The van der Waals surface area contributed by atoms with Crippen LogP contribution in [0.1, 0.15) is 12.6 Å². The van der Waals surface area contributed by atoms with Crippen LogP contribution in [0, 0.1) is 0 Å². The summed E-state index contributed by atoms with van der Waals surface area (Å²) >= 11 is 4.83. The summed E-state index contributed by atoms with van der Waals surface area (Å²) in [6, 6.07) is 12.3. The molecule has 1 aromatic heterocycles. The minimum atomic E-state index is 0.418. The molecule has 3 rings (SSSR count). The number of halogens is 1. The standard InChI is InChI=1S/C15H14BrN3OS/c1-2-17-15-14(18-19-21-15)9-20-13-6-4-10-7-12(16)5-3-11(10)8-13/h3-8,17H,2,9H2,1H3. The van der Waals surface area contributed by atoms with Crippen LogP contribution >= 0.6 is 27.5 Å². The number of aromatic nitrogens is 2. The molecule has 0 saturated heterocycles. The normalized spacial score (nSPS) is 10.8. The van der Waals surface area contributed by atoms with Crippen molar-refractivity contribution in [3.8, 4) is 5.75 Å². The molecule has 6 heteroatoms. The molecule has 0 atom stereocenters. The van der Waals surface area contributed by atoms with Gasteiger partial charge in [-0.2, -0.15) is 0 Å². The highest BCUT2D eigenvalue weighted by atomic mass is 79.9. The Morgan fingerprint density at radius 3 is 2.86 bits per heavy atom. The Morgan fingerprint density at radius 1 is 1.19 bits per heavy atom. The van der Waals surface area contributed by atoms with E-state index in [0.29, 0.717) is 6.61 Å². The van der Waals surface area contributed by atoms with Crippen LogP contribution in [-0.2, 0) is 6.61 Å². The fraction of sp³-hybridized carbons (Fsp3) is 0.200. The van der Waals surface area contributed by atoms with Gasteiger partial charge in [0.05, 0.1) is 0 Å². The molecule has 3 aromatic rings. The molecule has 0 spiro atoms. The van der Waals surface area contributed by atoms with Gasteiger partial charge in [-0.25, -0.2) is 0 Å². The second kappa shape index (κ2) is 6.41. The number of hydrogen-bond acceptors (Lipinski definition) is 5. The third-order valence-corrected chi connectivity index (χ3v) is 4.26. The second-order valence-corrected chi connectivity index (χ2v) is 6.19. The molecule has 2 aromatic carbocycles. The number of benzene rings is 2. The van der Waals surface area contributed by atoms with E-state index in [2.05, 4.69) is 49.0 Å². The fourth-order valence-electron chi connectivity index (χ4n) is 2.03. The second-order valence-electron chi connectivity index (χ2n) is 4.52. The summed E-state index contributed by atoms with van der Waals surface area (Å²) in [6.45, 7) is 3.31. The summed E-state index contributed by atoms with van der Waals surface area (Å²) in [4.78, 5) is 0. The molecule has 108 valence electrons. The van der Waals surface area contributed by atoms with Crippen LogP contribution in [0.5, 0.6) is 5.75 Å². The highest BCUT2D eigenvalue weighted by Crippen LogP contribution is 2.25. The van der Waals surface area contributed by atoms with Crippen LogP contribution < -0.4 is 10.1 Å². The van der Waals surface area contributed by atoms with Crippen molar-refractivity contribution in [3.05, 3.63) is 46.6 Å². The maximum Gasteiger partial charge on any atom is 0.136 e. The van der Waals surface area contributed by atoms with Gasteiger partial charge in [-0.3, -0.25) is 0 Å². The van der Waals surface area contributed by atoms with Gasteiger partial charge in [-0.05, 0) is 42.0 Å². The zero-order chi connectivity index (χ0) is 14.7. The van der Waals surface area contributed by atoms with E-state index in [4.69, 9.17) is 4.74 Å². The first-order valence-corrected chi connectivity index (χ1v) is 8.20. The largest absolute Gasteiger partial charge is 0.487 e. The predicted octanol–water partition coefficient (Wildman–Crippen LogP) is 4.46. The molecule has 0 unspecified atom stereocenters. The average molecular weight is 364 g/mol. The van der Waals surface area contributed by atoms with Crippen LogP contribution in [-0.4, -0.2) is 16.1 Å². The van der Waals surface area contributed by atoms with Crippen molar-refractivity contribution in [2.75, 3.05) is 11.9 Å². The van der Waals surface area contributed by atoms with Crippen LogP contribution in [0.4, 0.5) is 5.00 Å². The molecule has 0 bridgehead atoms. The Kier molecular flexibility index (Phi) is 4.36. The molecule has 1 N–H and O–H groups in total. The van der Waals surface area contributed by atoms with Crippen molar-refractivity contribution >= 4 is 43.2 Å². The topological polar surface area (TPSA) is 47.0 Å². The molecule has 0 fully saturated rings. The van der Waals surface area contributed by atoms with E-state index >= 15 is 0 Å². The average Bonchev–Trinajstić information content (AvgIpc) is 2.93. The highest BCUT2D eigenvalue weighted by Gasteiger charge is 2.08. The van der Waals surface area contributed by atoms with Gasteiger partial charge in [0.1, 0.15) is 23.1 Å². The van der Waals surface area contributed by atoms with E-state index in [1.165, 1.54) is 16.9 Å². The number of anilines is 1. The summed E-state index contributed by atoms with van der Waals surface area (Å²) in [5, 5.41) is 10.6. The lowest BCUT2D eigenvalue weighted by Crippen LogP contribution is -2.02. The maximum atomic E-state index is 5.83. The van der Waals surface area contributed by atoms with Crippen molar-refractivity contribution in [2.24, 2.45) is 0 Å². The molecular weight excluding hydrogens is 350 g/mol. The summed E-state index contributed by atoms with van der Waals surface area (Å²) in [7, 11) is 0. The van der Waals surface area contributed by atoms with E-state index in [1.807, 2.05) is 25.1 Å². The number of ether oxygens (including phenoxy) is 1. The molecule has 4 nitrogen and oxygen atoms in total. The van der Waals surface area contributed by atoms with E-state index < -0.39 is 0 Å².